The minimum atomic E-state index is 0.103. The third kappa shape index (κ3) is 6.87. The summed E-state index contributed by atoms with van der Waals surface area (Å²) in [5.74, 6) is 1.82. The van der Waals surface area contributed by atoms with E-state index in [1.54, 1.807) is 7.05 Å². The van der Waals surface area contributed by atoms with Gasteiger partial charge in [-0.3, -0.25) is 9.69 Å². The topological polar surface area (TPSA) is 83.6 Å². The van der Waals surface area contributed by atoms with Gasteiger partial charge in [-0.05, 0) is 55.7 Å². The molecule has 3 rings (SSSR count). The van der Waals surface area contributed by atoms with Crippen molar-refractivity contribution in [2.24, 2.45) is 16.6 Å². The van der Waals surface area contributed by atoms with E-state index in [1.165, 1.54) is 29.7 Å². The van der Waals surface area contributed by atoms with Gasteiger partial charge < -0.3 is 11.1 Å². The number of nitrogens with two attached hydrogens (primary N) is 1. The summed E-state index contributed by atoms with van der Waals surface area (Å²) in [5, 5.41) is 3.58. The third-order valence-corrected chi connectivity index (χ3v) is 5.85. The van der Waals surface area contributed by atoms with E-state index in [-0.39, 0.29) is 6.04 Å². The molecule has 0 unspecified atom stereocenters. The van der Waals surface area contributed by atoms with Gasteiger partial charge in [0.15, 0.2) is 5.96 Å². The first-order chi connectivity index (χ1) is 14.6. The molecule has 2 aromatic rings. The van der Waals surface area contributed by atoms with E-state index in [4.69, 9.17) is 10.7 Å². The molecule has 1 aromatic carbocycles. The average Bonchev–Trinajstić information content (AvgIpc) is 2.78. The van der Waals surface area contributed by atoms with Crippen LogP contribution in [0.1, 0.15) is 44.1 Å². The molecule has 30 heavy (non-hydrogen) atoms. The molecule has 6 nitrogen and oxygen atoms in total. The zero-order valence-corrected chi connectivity index (χ0v) is 17.8. The Balaban J connectivity index is 1.62. The SMILES string of the molecule is CN(C=O)C(N)=N[C@@H](CCc1ccccc1)C[C@H]1CCC[C@@H](Nc2ccccn2)C1. The molecular weight excluding hydrogens is 374 g/mol. The molecule has 0 bridgehead atoms. The van der Waals surface area contributed by atoms with Crippen LogP contribution in [0.4, 0.5) is 5.82 Å². The smallest absolute Gasteiger partial charge is 0.216 e. The first kappa shape index (κ1) is 21.8. The molecule has 0 spiro atoms. The lowest BCUT2D eigenvalue weighted by Crippen LogP contribution is -2.35. The first-order valence-corrected chi connectivity index (χ1v) is 10.9. The second-order valence-electron chi connectivity index (χ2n) is 8.21. The van der Waals surface area contributed by atoms with Crippen molar-refractivity contribution < 1.29 is 4.79 Å². The van der Waals surface area contributed by atoms with E-state index >= 15 is 0 Å². The maximum Gasteiger partial charge on any atom is 0.216 e. The van der Waals surface area contributed by atoms with Crippen LogP contribution in [0.15, 0.2) is 59.7 Å². The quantitative estimate of drug-likeness (QED) is 0.376. The number of nitrogens with one attached hydrogen (secondary N) is 1. The minimum absolute atomic E-state index is 0.103. The van der Waals surface area contributed by atoms with E-state index in [2.05, 4.69) is 34.6 Å². The molecule has 1 fully saturated rings. The van der Waals surface area contributed by atoms with Crippen molar-refractivity contribution in [1.29, 1.82) is 0 Å². The monoisotopic (exact) mass is 407 g/mol. The second-order valence-corrected chi connectivity index (χ2v) is 8.21. The lowest BCUT2D eigenvalue weighted by molar-refractivity contribution is -0.114. The number of aromatic nitrogens is 1. The lowest BCUT2D eigenvalue weighted by atomic mass is 9.81. The number of aryl methyl sites for hydroxylation is 1. The second kappa shape index (κ2) is 11.3. The van der Waals surface area contributed by atoms with Gasteiger partial charge in [0.2, 0.25) is 6.41 Å². The van der Waals surface area contributed by atoms with E-state index in [0.29, 0.717) is 24.3 Å². The fraction of sp³-hybridized carbons (Fsp3) is 0.458. The molecule has 1 aliphatic rings. The summed E-state index contributed by atoms with van der Waals surface area (Å²) in [7, 11) is 1.65. The van der Waals surface area contributed by atoms with Gasteiger partial charge in [-0.1, -0.05) is 49.2 Å². The summed E-state index contributed by atoms with van der Waals surface area (Å²) < 4.78 is 0. The molecule has 0 radical (unpaired) electrons. The van der Waals surface area contributed by atoms with Crippen LogP contribution in [-0.2, 0) is 11.2 Å². The normalized spacial score (nSPS) is 20.4. The summed E-state index contributed by atoms with van der Waals surface area (Å²) in [6.07, 6.45) is 10.1. The number of benzene rings is 1. The number of pyridine rings is 1. The van der Waals surface area contributed by atoms with E-state index in [1.807, 2.05) is 30.5 Å². The largest absolute Gasteiger partial charge is 0.369 e. The highest BCUT2D eigenvalue weighted by Crippen LogP contribution is 2.31. The van der Waals surface area contributed by atoms with Crippen LogP contribution in [0.2, 0.25) is 0 Å². The number of hydrogen-bond donors (Lipinski definition) is 2. The Morgan fingerprint density at radius 2 is 2.07 bits per heavy atom. The van der Waals surface area contributed by atoms with Crippen molar-refractivity contribution in [3.05, 3.63) is 60.3 Å². The van der Waals surface area contributed by atoms with Crippen molar-refractivity contribution in [1.82, 2.24) is 9.88 Å². The zero-order chi connectivity index (χ0) is 21.2. The molecule has 160 valence electrons. The third-order valence-electron chi connectivity index (χ3n) is 5.85. The summed E-state index contributed by atoms with van der Waals surface area (Å²) in [5.41, 5.74) is 7.36. The van der Waals surface area contributed by atoms with Crippen molar-refractivity contribution in [2.45, 2.75) is 57.0 Å². The Morgan fingerprint density at radius 1 is 1.27 bits per heavy atom. The highest BCUT2D eigenvalue weighted by atomic mass is 16.1. The number of amides is 1. The van der Waals surface area contributed by atoms with Crippen molar-refractivity contribution in [3.8, 4) is 0 Å². The minimum Gasteiger partial charge on any atom is -0.369 e. The number of hydrogen-bond acceptors (Lipinski definition) is 4. The summed E-state index contributed by atoms with van der Waals surface area (Å²) >= 11 is 0. The highest BCUT2D eigenvalue weighted by Gasteiger charge is 2.25. The molecule has 1 heterocycles. The Labute approximate surface area is 179 Å². The maximum atomic E-state index is 11.1. The van der Waals surface area contributed by atoms with Crippen molar-refractivity contribution >= 4 is 18.2 Å². The predicted molar refractivity (Wildman–Crippen MR) is 122 cm³/mol. The molecule has 1 amide bonds. The van der Waals surface area contributed by atoms with Crippen molar-refractivity contribution in [3.63, 3.8) is 0 Å². The fourth-order valence-electron chi connectivity index (χ4n) is 4.22. The van der Waals surface area contributed by atoms with Crippen LogP contribution in [0.5, 0.6) is 0 Å². The van der Waals surface area contributed by atoms with Crippen LogP contribution >= 0.6 is 0 Å². The Bertz CT molecular complexity index is 796. The molecule has 1 aliphatic carbocycles. The molecule has 0 aliphatic heterocycles. The lowest BCUT2D eigenvalue weighted by Gasteiger charge is -2.31. The Morgan fingerprint density at radius 3 is 2.80 bits per heavy atom. The highest BCUT2D eigenvalue weighted by molar-refractivity contribution is 5.87. The average molecular weight is 408 g/mol. The molecule has 3 N–H and O–H groups in total. The molecule has 1 saturated carbocycles. The molecule has 0 saturated heterocycles. The van der Waals surface area contributed by atoms with E-state index in [9.17, 15) is 4.79 Å². The first-order valence-electron chi connectivity index (χ1n) is 10.9. The van der Waals surface area contributed by atoms with Gasteiger partial charge in [0.05, 0.1) is 6.04 Å². The van der Waals surface area contributed by atoms with Crippen LogP contribution in [-0.4, -0.2) is 41.4 Å². The Hall–Kier alpha value is -2.89. The van der Waals surface area contributed by atoms with Crippen molar-refractivity contribution in [2.75, 3.05) is 12.4 Å². The number of carbonyl (C=O) groups excluding carboxylic acids is 1. The predicted octanol–water partition coefficient (Wildman–Crippen LogP) is 3.85. The van der Waals surface area contributed by atoms with E-state index in [0.717, 1.165) is 31.5 Å². The number of aliphatic imine (C=N–C) groups is 1. The van der Waals surface area contributed by atoms with Crippen LogP contribution in [0.25, 0.3) is 0 Å². The van der Waals surface area contributed by atoms with Gasteiger partial charge in [0.25, 0.3) is 0 Å². The van der Waals surface area contributed by atoms with Gasteiger partial charge in [-0.15, -0.1) is 0 Å². The number of carbonyl (C=O) groups is 1. The van der Waals surface area contributed by atoms with Crippen LogP contribution in [0.3, 0.4) is 0 Å². The van der Waals surface area contributed by atoms with Gasteiger partial charge in [-0.25, -0.2) is 9.98 Å². The summed E-state index contributed by atoms with van der Waals surface area (Å²) in [4.78, 5) is 21.5. The van der Waals surface area contributed by atoms with Gasteiger partial charge in [0, 0.05) is 19.3 Å². The van der Waals surface area contributed by atoms with Crippen LogP contribution in [0, 0.1) is 5.92 Å². The Kier molecular flexibility index (Phi) is 8.24. The zero-order valence-electron chi connectivity index (χ0n) is 17.8. The fourth-order valence-corrected chi connectivity index (χ4v) is 4.22. The number of rotatable bonds is 9. The number of anilines is 1. The molecular formula is C24H33N5O. The number of nitrogens with zero attached hydrogens (tertiary/aromatic N) is 3. The maximum absolute atomic E-state index is 11.1. The standard InChI is InChI=1S/C24H33N5O/c1-29(18-30)24(25)28-22(14-13-19-8-3-2-4-9-19)17-20-10-7-11-21(16-20)27-23-12-5-6-15-26-23/h2-6,8-9,12,15,18,20-22H,7,10-11,13-14,16-17H2,1H3,(H2,25,28)(H,26,27)/t20-,21+,22-/m0/s1. The van der Waals surface area contributed by atoms with E-state index < -0.39 is 0 Å². The van der Waals surface area contributed by atoms with Gasteiger partial charge in [-0.2, -0.15) is 0 Å². The van der Waals surface area contributed by atoms with Gasteiger partial charge >= 0.3 is 0 Å². The van der Waals surface area contributed by atoms with Crippen LogP contribution < -0.4 is 11.1 Å². The molecule has 1 aromatic heterocycles. The summed E-state index contributed by atoms with van der Waals surface area (Å²) in [6.45, 7) is 0. The molecule has 3 atom stereocenters. The molecule has 6 heteroatoms. The summed E-state index contributed by atoms with van der Waals surface area (Å²) in [6, 6.07) is 17.0. The van der Waals surface area contributed by atoms with Gasteiger partial charge in [0.1, 0.15) is 5.82 Å². The number of guanidine groups is 1.